The van der Waals surface area contributed by atoms with E-state index >= 15 is 0 Å². The van der Waals surface area contributed by atoms with Gasteiger partial charge in [0.05, 0.1) is 12.6 Å². The maximum atomic E-state index is 11.3. The van der Waals surface area contributed by atoms with Crippen molar-refractivity contribution in [2.45, 2.75) is 32.4 Å². The SMILES string of the molecule is CC1COCCC1NC(=O)[C@H](C)N. The lowest BCUT2D eigenvalue weighted by Gasteiger charge is -2.30. The molecule has 3 atom stereocenters. The molecule has 0 radical (unpaired) electrons. The van der Waals surface area contributed by atoms with Gasteiger partial charge in [-0.3, -0.25) is 4.79 Å². The molecule has 1 aliphatic heterocycles. The van der Waals surface area contributed by atoms with Crippen LogP contribution >= 0.6 is 0 Å². The lowest BCUT2D eigenvalue weighted by molar-refractivity contribution is -0.123. The van der Waals surface area contributed by atoms with Gasteiger partial charge in [-0.15, -0.1) is 0 Å². The van der Waals surface area contributed by atoms with Crippen LogP contribution in [0.3, 0.4) is 0 Å². The fourth-order valence-corrected chi connectivity index (χ4v) is 1.41. The van der Waals surface area contributed by atoms with Crippen LogP contribution in [0.25, 0.3) is 0 Å². The minimum Gasteiger partial charge on any atom is -0.381 e. The Labute approximate surface area is 78.8 Å². The van der Waals surface area contributed by atoms with E-state index < -0.39 is 6.04 Å². The fourth-order valence-electron chi connectivity index (χ4n) is 1.41. The highest BCUT2D eigenvalue weighted by Crippen LogP contribution is 2.13. The molecule has 3 N–H and O–H groups in total. The third-order valence-corrected chi connectivity index (χ3v) is 2.38. The number of nitrogens with one attached hydrogen (secondary N) is 1. The quantitative estimate of drug-likeness (QED) is 0.631. The van der Waals surface area contributed by atoms with Crippen molar-refractivity contribution in [1.82, 2.24) is 5.32 Å². The third-order valence-electron chi connectivity index (χ3n) is 2.38. The van der Waals surface area contributed by atoms with Crippen LogP contribution in [0.5, 0.6) is 0 Å². The Hall–Kier alpha value is -0.610. The molecule has 4 heteroatoms. The summed E-state index contributed by atoms with van der Waals surface area (Å²) in [4.78, 5) is 11.3. The summed E-state index contributed by atoms with van der Waals surface area (Å²) >= 11 is 0. The molecule has 0 saturated carbocycles. The molecule has 0 aromatic carbocycles. The molecule has 0 aliphatic carbocycles. The molecule has 4 nitrogen and oxygen atoms in total. The maximum Gasteiger partial charge on any atom is 0.236 e. The number of carbonyl (C=O) groups excluding carboxylic acids is 1. The first-order chi connectivity index (χ1) is 6.11. The van der Waals surface area contributed by atoms with Gasteiger partial charge >= 0.3 is 0 Å². The molecule has 13 heavy (non-hydrogen) atoms. The van der Waals surface area contributed by atoms with Crippen molar-refractivity contribution in [3.63, 3.8) is 0 Å². The maximum absolute atomic E-state index is 11.3. The van der Waals surface area contributed by atoms with Gasteiger partial charge in [-0.2, -0.15) is 0 Å². The first-order valence-corrected chi connectivity index (χ1v) is 4.75. The molecule has 1 heterocycles. The van der Waals surface area contributed by atoms with E-state index in [0.29, 0.717) is 5.92 Å². The van der Waals surface area contributed by atoms with Crippen LogP contribution in [-0.4, -0.2) is 31.2 Å². The molecule has 1 saturated heterocycles. The van der Waals surface area contributed by atoms with Crippen LogP contribution < -0.4 is 11.1 Å². The van der Waals surface area contributed by atoms with Gasteiger partial charge in [0.25, 0.3) is 0 Å². The van der Waals surface area contributed by atoms with E-state index in [1.54, 1.807) is 6.92 Å². The van der Waals surface area contributed by atoms with E-state index in [1.807, 2.05) is 0 Å². The van der Waals surface area contributed by atoms with E-state index in [9.17, 15) is 4.79 Å². The topological polar surface area (TPSA) is 64.3 Å². The van der Waals surface area contributed by atoms with Crippen LogP contribution in [-0.2, 0) is 9.53 Å². The predicted octanol–water partition coefficient (Wildman–Crippen LogP) is -0.125. The third kappa shape index (κ3) is 2.97. The Morgan fingerprint density at radius 2 is 2.38 bits per heavy atom. The molecule has 0 aromatic heterocycles. The van der Waals surface area contributed by atoms with Crippen LogP contribution in [0, 0.1) is 5.92 Å². The number of nitrogens with two attached hydrogens (primary N) is 1. The van der Waals surface area contributed by atoms with Gasteiger partial charge in [-0.05, 0) is 19.3 Å². The summed E-state index contributed by atoms with van der Waals surface area (Å²) in [5.74, 6) is 0.315. The number of amides is 1. The zero-order chi connectivity index (χ0) is 9.84. The molecule has 1 rings (SSSR count). The number of hydrogen-bond donors (Lipinski definition) is 2. The summed E-state index contributed by atoms with van der Waals surface area (Å²) in [7, 11) is 0. The van der Waals surface area contributed by atoms with E-state index in [-0.39, 0.29) is 11.9 Å². The first-order valence-electron chi connectivity index (χ1n) is 4.75. The Morgan fingerprint density at radius 1 is 1.69 bits per heavy atom. The van der Waals surface area contributed by atoms with Crippen LogP contribution in [0.15, 0.2) is 0 Å². The number of ether oxygens (including phenoxy) is 1. The van der Waals surface area contributed by atoms with Crippen molar-refractivity contribution in [2.75, 3.05) is 13.2 Å². The summed E-state index contributed by atoms with van der Waals surface area (Å²) in [6.45, 7) is 5.22. The molecule has 0 spiro atoms. The molecule has 0 aromatic rings. The fraction of sp³-hybridized carbons (Fsp3) is 0.889. The van der Waals surface area contributed by atoms with E-state index in [2.05, 4.69) is 12.2 Å². The van der Waals surface area contributed by atoms with E-state index in [1.165, 1.54) is 0 Å². The van der Waals surface area contributed by atoms with Gasteiger partial charge in [0.1, 0.15) is 0 Å². The molecule has 1 fully saturated rings. The van der Waals surface area contributed by atoms with Gasteiger partial charge in [0.15, 0.2) is 0 Å². The average molecular weight is 186 g/mol. The van der Waals surface area contributed by atoms with E-state index in [4.69, 9.17) is 10.5 Å². The minimum absolute atomic E-state index is 0.0706. The molecule has 76 valence electrons. The van der Waals surface area contributed by atoms with Crippen LogP contribution in [0.2, 0.25) is 0 Å². The highest BCUT2D eigenvalue weighted by molar-refractivity contribution is 5.81. The highest BCUT2D eigenvalue weighted by atomic mass is 16.5. The second-order valence-electron chi connectivity index (χ2n) is 3.74. The van der Waals surface area contributed by atoms with Gasteiger partial charge in [-0.25, -0.2) is 0 Å². The summed E-state index contributed by atoms with van der Waals surface area (Å²) < 4.78 is 5.27. The lowest BCUT2D eigenvalue weighted by atomic mass is 9.97. The van der Waals surface area contributed by atoms with Crippen molar-refractivity contribution >= 4 is 5.91 Å². The standard InChI is InChI=1S/C9H18N2O2/c1-6-5-13-4-3-8(6)11-9(12)7(2)10/h6-8H,3-5,10H2,1-2H3,(H,11,12)/t6?,7-,8?/m0/s1. The summed E-state index contributed by atoms with van der Waals surface area (Å²) in [5.41, 5.74) is 5.46. The number of hydrogen-bond acceptors (Lipinski definition) is 3. The molecule has 0 bridgehead atoms. The van der Waals surface area contributed by atoms with Gasteiger partial charge in [-0.1, -0.05) is 6.92 Å². The zero-order valence-corrected chi connectivity index (χ0v) is 8.25. The van der Waals surface area contributed by atoms with Crippen molar-refractivity contribution in [3.8, 4) is 0 Å². The largest absolute Gasteiger partial charge is 0.381 e. The second kappa shape index (κ2) is 4.58. The second-order valence-corrected chi connectivity index (χ2v) is 3.74. The Balaban J connectivity index is 2.38. The van der Waals surface area contributed by atoms with Gasteiger partial charge in [0, 0.05) is 12.6 Å². The normalized spacial score (nSPS) is 31.0. The van der Waals surface area contributed by atoms with Gasteiger partial charge < -0.3 is 15.8 Å². The predicted molar refractivity (Wildman–Crippen MR) is 50.2 cm³/mol. The van der Waals surface area contributed by atoms with E-state index in [0.717, 1.165) is 19.6 Å². The summed E-state index contributed by atoms with van der Waals surface area (Å²) in [6, 6.07) is -0.192. The Bertz CT molecular complexity index is 182. The molecular weight excluding hydrogens is 168 g/mol. The lowest BCUT2D eigenvalue weighted by Crippen LogP contribution is -2.49. The Kier molecular flexibility index (Phi) is 3.69. The van der Waals surface area contributed by atoms with Crippen LogP contribution in [0.1, 0.15) is 20.3 Å². The molecule has 2 unspecified atom stereocenters. The molecular formula is C9H18N2O2. The molecule has 1 aliphatic rings. The molecule has 1 amide bonds. The monoisotopic (exact) mass is 186 g/mol. The summed E-state index contributed by atoms with van der Waals surface area (Å²) in [5, 5.41) is 2.92. The summed E-state index contributed by atoms with van der Waals surface area (Å²) in [6.07, 6.45) is 0.889. The minimum atomic E-state index is -0.421. The smallest absolute Gasteiger partial charge is 0.236 e. The van der Waals surface area contributed by atoms with Crippen LogP contribution in [0.4, 0.5) is 0 Å². The van der Waals surface area contributed by atoms with Gasteiger partial charge in [0.2, 0.25) is 5.91 Å². The van der Waals surface area contributed by atoms with Crippen molar-refractivity contribution in [3.05, 3.63) is 0 Å². The highest BCUT2D eigenvalue weighted by Gasteiger charge is 2.24. The number of rotatable bonds is 2. The van der Waals surface area contributed by atoms with Crippen molar-refractivity contribution < 1.29 is 9.53 Å². The average Bonchev–Trinajstić information content (AvgIpc) is 2.08. The van der Waals surface area contributed by atoms with Crippen molar-refractivity contribution in [1.29, 1.82) is 0 Å². The zero-order valence-electron chi connectivity index (χ0n) is 8.25. The Morgan fingerprint density at radius 3 is 2.92 bits per heavy atom. The first kappa shape index (κ1) is 10.5. The van der Waals surface area contributed by atoms with Crippen molar-refractivity contribution in [2.24, 2.45) is 11.7 Å². The number of carbonyl (C=O) groups is 1.